The molecule has 2 rings (SSSR count). The maximum Gasteiger partial charge on any atom is 0.128 e. The molecule has 1 heterocycles. The number of hydrogen-bond acceptors (Lipinski definition) is 2. The van der Waals surface area contributed by atoms with Crippen LogP contribution in [0.2, 0.25) is 0 Å². The van der Waals surface area contributed by atoms with E-state index in [1.807, 2.05) is 25.3 Å². The fraction of sp³-hybridized carbons (Fsp3) is 0.385. The molecule has 0 aliphatic rings. The summed E-state index contributed by atoms with van der Waals surface area (Å²) in [7, 11) is 4.11. The third-order valence-electron chi connectivity index (χ3n) is 2.93. The van der Waals surface area contributed by atoms with Crippen molar-refractivity contribution in [2.75, 3.05) is 20.6 Å². The first kappa shape index (κ1) is 11.0. The minimum absolute atomic E-state index is 0.410. The van der Waals surface area contributed by atoms with Crippen molar-refractivity contribution in [2.45, 2.75) is 13.3 Å². The minimum atomic E-state index is 0.410. The molecular weight excluding hydrogens is 200 g/mol. The first-order chi connectivity index (χ1) is 7.59. The molecule has 2 aromatic rings. The van der Waals surface area contributed by atoms with Gasteiger partial charge in [0.1, 0.15) is 5.75 Å². The third kappa shape index (κ3) is 1.91. The van der Waals surface area contributed by atoms with Gasteiger partial charge in [0.15, 0.2) is 0 Å². The Morgan fingerprint density at radius 1 is 1.31 bits per heavy atom. The van der Waals surface area contributed by atoms with Gasteiger partial charge in [-0.1, -0.05) is 6.07 Å². The lowest BCUT2D eigenvalue weighted by molar-refractivity contribution is 0.414. The van der Waals surface area contributed by atoms with Crippen molar-refractivity contribution >= 4 is 10.9 Å². The number of rotatable bonds is 3. The normalized spacial score (nSPS) is 11.5. The van der Waals surface area contributed by atoms with Crippen LogP contribution in [0.1, 0.15) is 11.1 Å². The number of aromatic nitrogens is 1. The molecule has 86 valence electrons. The van der Waals surface area contributed by atoms with Gasteiger partial charge >= 0.3 is 0 Å². The summed E-state index contributed by atoms with van der Waals surface area (Å²) in [6, 6.07) is 3.95. The van der Waals surface area contributed by atoms with Crippen molar-refractivity contribution in [3.63, 3.8) is 0 Å². The van der Waals surface area contributed by atoms with Crippen molar-refractivity contribution in [3.05, 3.63) is 29.5 Å². The number of likely N-dealkylation sites (N-methyl/N-ethyl adjacent to an activating group) is 1. The molecule has 0 aliphatic carbocycles. The average molecular weight is 218 g/mol. The number of nitrogens with zero attached hydrogens (tertiary/aromatic N) is 1. The number of phenolic OH excluding ortho intramolecular Hbond substituents is 1. The minimum Gasteiger partial charge on any atom is -0.507 e. The molecule has 3 heteroatoms. The Kier molecular flexibility index (Phi) is 2.88. The van der Waals surface area contributed by atoms with E-state index in [9.17, 15) is 5.11 Å². The van der Waals surface area contributed by atoms with Crippen LogP contribution in [-0.2, 0) is 6.42 Å². The van der Waals surface area contributed by atoms with Crippen LogP contribution in [0.15, 0.2) is 18.3 Å². The van der Waals surface area contributed by atoms with Crippen LogP contribution in [-0.4, -0.2) is 35.6 Å². The monoisotopic (exact) mass is 218 g/mol. The molecule has 1 aromatic heterocycles. The SMILES string of the molecule is Cc1ccc2[nH]cc(CCN(C)C)c2c1O. The Balaban J connectivity index is 2.42. The van der Waals surface area contributed by atoms with Crippen LogP contribution in [0.3, 0.4) is 0 Å². The van der Waals surface area contributed by atoms with Crippen molar-refractivity contribution < 1.29 is 5.11 Å². The Morgan fingerprint density at radius 2 is 2.06 bits per heavy atom. The van der Waals surface area contributed by atoms with E-state index in [4.69, 9.17) is 0 Å². The van der Waals surface area contributed by atoms with Crippen LogP contribution in [0, 0.1) is 6.92 Å². The number of phenols is 1. The molecule has 0 amide bonds. The van der Waals surface area contributed by atoms with Gasteiger partial charge in [0.05, 0.1) is 0 Å². The molecule has 0 unspecified atom stereocenters. The van der Waals surface area contributed by atoms with Gasteiger partial charge in [-0.05, 0) is 44.6 Å². The summed E-state index contributed by atoms with van der Waals surface area (Å²) < 4.78 is 0. The smallest absolute Gasteiger partial charge is 0.128 e. The van der Waals surface area contributed by atoms with Crippen LogP contribution < -0.4 is 0 Å². The Morgan fingerprint density at radius 3 is 2.75 bits per heavy atom. The maximum atomic E-state index is 10.1. The summed E-state index contributed by atoms with van der Waals surface area (Å²) in [6.07, 6.45) is 2.94. The molecule has 0 saturated heterocycles. The number of nitrogens with one attached hydrogen (secondary N) is 1. The lowest BCUT2D eigenvalue weighted by Crippen LogP contribution is -2.14. The second-order valence-corrected chi connectivity index (χ2v) is 4.52. The van der Waals surface area contributed by atoms with E-state index >= 15 is 0 Å². The highest BCUT2D eigenvalue weighted by atomic mass is 16.3. The van der Waals surface area contributed by atoms with Crippen molar-refractivity contribution in [3.8, 4) is 5.75 Å². The van der Waals surface area contributed by atoms with Crippen LogP contribution in [0.5, 0.6) is 5.75 Å². The predicted octanol–water partition coefficient (Wildman–Crippen LogP) is 2.29. The first-order valence-electron chi connectivity index (χ1n) is 5.53. The van der Waals surface area contributed by atoms with Gasteiger partial charge in [-0.25, -0.2) is 0 Å². The third-order valence-corrected chi connectivity index (χ3v) is 2.93. The summed E-state index contributed by atoms with van der Waals surface area (Å²) in [6.45, 7) is 2.91. The zero-order valence-corrected chi connectivity index (χ0v) is 10.0. The van der Waals surface area contributed by atoms with Gasteiger partial charge in [0.2, 0.25) is 0 Å². The number of aromatic hydroxyl groups is 1. The molecule has 2 N–H and O–H groups in total. The Bertz CT molecular complexity index is 500. The van der Waals surface area contributed by atoms with E-state index in [0.717, 1.165) is 29.4 Å². The van der Waals surface area contributed by atoms with Crippen molar-refractivity contribution in [1.29, 1.82) is 0 Å². The fourth-order valence-corrected chi connectivity index (χ4v) is 1.92. The van der Waals surface area contributed by atoms with E-state index < -0.39 is 0 Å². The maximum absolute atomic E-state index is 10.1. The van der Waals surface area contributed by atoms with Gasteiger partial charge in [-0.3, -0.25) is 0 Å². The van der Waals surface area contributed by atoms with Gasteiger partial charge in [-0.15, -0.1) is 0 Å². The zero-order chi connectivity index (χ0) is 11.7. The summed E-state index contributed by atoms with van der Waals surface area (Å²) >= 11 is 0. The fourth-order valence-electron chi connectivity index (χ4n) is 1.92. The van der Waals surface area contributed by atoms with Crippen LogP contribution in [0.4, 0.5) is 0 Å². The number of benzene rings is 1. The molecule has 3 nitrogen and oxygen atoms in total. The van der Waals surface area contributed by atoms with E-state index in [-0.39, 0.29) is 0 Å². The lowest BCUT2D eigenvalue weighted by atomic mass is 10.1. The highest BCUT2D eigenvalue weighted by Crippen LogP contribution is 2.31. The second-order valence-electron chi connectivity index (χ2n) is 4.52. The Hall–Kier alpha value is -1.48. The molecule has 0 spiro atoms. The molecular formula is C13H18N2O. The number of H-pyrrole nitrogens is 1. The predicted molar refractivity (Wildman–Crippen MR) is 67.0 cm³/mol. The molecule has 0 fully saturated rings. The molecule has 0 aliphatic heterocycles. The summed E-state index contributed by atoms with van der Waals surface area (Å²) in [4.78, 5) is 5.35. The molecule has 0 atom stereocenters. The number of aromatic amines is 1. The number of hydrogen-bond donors (Lipinski definition) is 2. The average Bonchev–Trinajstić information content (AvgIpc) is 2.64. The van der Waals surface area contributed by atoms with Gasteiger partial charge in [0, 0.05) is 23.6 Å². The summed E-state index contributed by atoms with van der Waals surface area (Å²) in [5.41, 5.74) is 3.12. The van der Waals surface area contributed by atoms with E-state index in [0.29, 0.717) is 5.75 Å². The summed E-state index contributed by atoms with van der Waals surface area (Å²) in [5, 5.41) is 11.0. The van der Waals surface area contributed by atoms with Crippen LogP contribution >= 0.6 is 0 Å². The second kappa shape index (κ2) is 4.18. The molecule has 0 saturated carbocycles. The topological polar surface area (TPSA) is 39.3 Å². The van der Waals surface area contributed by atoms with Crippen molar-refractivity contribution in [2.24, 2.45) is 0 Å². The zero-order valence-electron chi connectivity index (χ0n) is 10.0. The summed E-state index contributed by atoms with van der Waals surface area (Å²) in [5.74, 6) is 0.410. The van der Waals surface area contributed by atoms with Gasteiger partial charge in [-0.2, -0.15) is 0 Å². The molecule has 0 radical (unpaired) electrons. The number of aryl methyl sites for hydroxylation is 1. The molecule has 0 bridgehead atoms. The molecule has 1 aromatic carbocycles. The molecule has 16 heavy (non-hydrogen) atoms. The van der Waals surface area contributed by atoms with Crippen LogP contribution in [0.25, 0.3) is 10.9 Å². The largest absolute Gasteiger partial charge is 0.507 e. The van der Waals surface area contributed by atoms with Gasteiger partial charge in [0.25, 0.3) is 0 Å². The number of fused-ring (bicyclic) bond motifs is 1. The van der Waals surface area contributed by atoms with E-state index in [1.165, 1.54) is 5.56 Å². The lowest BCUT2D eigenvalue weighted by Gasteiger charge is -2.09. The highest BCUT2D eigenvalue weighted by Gasteiger charge is 2.10. The van der Waals surface area contributed by atoms with Crippen molar-refractivity contribution in [1.82, 2.24) is 9.88 Å². The first-order valence-corrected chi connectivity index (χ1v) is 5.53. The van der Waals surface area contributed by atoms with Gasteiger partial charge < -0.3 is 15.0 Å². The van der Waals surface area contributed by atoms with E-state index in [2.05, 4.69) is 24.0 Å². The quantitative estimate of drug-likeness (QED) is 0.829. The highest BCUT2D eigenvalue weighted by molar-refractivity contribution is 5.90. The standard InChI is InChI=1S/C13H18N2O/c1-9-4-5-11-12(13(9)16)10(8-14-11)6-7-15(2)3/h4-5,8,14,16H,6-7H2,1-3H3. The van der Waals surface area contributed by atoms with E-state index in [1.54, 1.807) is 0 Å². The Labute approximate surface area is 95.7 Å².